The molecule has 0 aliphatic carbocycles. The number of carbonyl (C=O) groups excluding carboxylic acids is 4. The highest BCUT2D eigenvalue weighted by atomic mass is 127. The molecule has 0 saturated carbocycles. The molecule has 0 spiro atoms. The van der Waals surface area contributed by atoms with E-state index in [2.05, 4.69) is 21.3 Å². The van der Waals surface area contributed by atoms with Crippen molar-refractivity contribution in [1.29, 1.82) is 0 Å². The summed E-state index contributed by atoms with van der Waals surface area (Å²) in [7, 11) is 0. The molecule has 0 aliphatic rings. The molecule has 0 bridgehead atoms. The van der Waals surface area contributed by atoms with Gasteiger partial charge in [0.15, 0.2) is 0 Å². The van der Waals surface area contributed by atoms with Gasteiger partial charge in [0, 0.05) is 31.7 Å². The maximum Gasteiger partial charge on any atom is 0.407 e. The number of halogens is 1. The van der Waals surface area contributed by atoms with E-state index in [0.717, 1.165) is 5.56 Å². The first-order chi connectivity index (χ1) is 17.8. The third kappa shape index (κ3) is 15.4. The van der Waals surface area contributed by atoms with Gasteiger partial charge in [0.2, 0.25) is 17.7 Å². The minimum absolute atomic E-state index is 0.0372. The van der Waals surface area contributed by atoms with Gasteiger partial charge in [0.05, 0.1) is 30.9 Å². The van der Waals surface area contributed by atoms with Gasteiger partial charge >= 0.3 is 6.09 Å². The molecule has 0 saturated heterocycles. The van der Waals surface area contributed by atoms with Gasteiger partial charge in [0.25, 0.3) is 0 Å². The molecular formula is C24H38IN5O7. The topological polar surface area (TPSA) is 170 Å². The van der Waals surface area contributed by atoms with Crippen LogP contribution in [0.1, 0.15) is 25.8 Å². The minimum atomic E-state index is -0.720. The van der Waals surface area contributed by atoms with Gasteiger partial charge in [-0.15, -0.1) is 0 Å². The Morgan fingerprint density at radius 1 is 0.919 bits per heavy atom. The lowest BCUT2D eigenvalue weighted by Crippen LogP contribution is -2.47. The number of alkyl carbamates (subject to hydrolysis) is 1. The zero-order chi connectivity index (χ0) is 27.5. The molecule has 4 amide bonds. The summed E-state index contributed by atoms with van der Waals surface area (Å²) in [5.74, 6) is -0.801. The van der Waals surface area contributed by atoms with Crippen LogP contribution >= 0.6 is 22.6 Å². The Morgan fingerprint density at radius 2 is 1.59 bits per heavy atom. The van der Waals surface area contributed by atoms with Gasteiger partial charge in [0.1, 0.15) is 12.6 Å². The summed E-state index contributed by atoms with van der Waals surface area (Å²) >= 11 is 1.98. The van der Waals surface area contributed by atoms with Crippen molar-refractivity contribution in [2.75, 3.05) is 55.8 Å². The van der Waals surface area contributed by atoms with Gasteiger partial charge in [-0.2, -0.15) is 0 Å². The fourth-order valence-corrected chi connectivity index (χ4v) is 3.13. The van der Waals surface area contributed by atoms with Crippen molar-refractivity contribution in [3.8, 4) is 0 Å². The van der Waals surface area contributed by atoms with Gasteiger partial charge in [-0.1, -0.05) is 48.6 Å². The molecule has 0 radical (unpaired) electrons. The average molecular weight is 635 g/mol. The number of hydrogen-bond acceptors (Lipinski definition) is 8. The monoisotopic (exact) mass is 635 g/mol. The van der Waals surface area contributed by atoms with Crippen molar-refractivity contribution in [1.82, 2.24) is 16.0 Å². The van der Waals surface area contributed by atoms with Crippen LogP contribution in [0, 0.1) is 5.92 Å². The lowest BCUT2D eigenvalue weighted by Gasteiger charge is -2.22. The zero-order valence-electron chi connectivity index (χ0n) is 21.3. The van der Waals surface area contributed by atoms with E-state index in [1.165, 1.54) is 0 Å². The Balaban J connectivity index is 2.33. The summed E-state index contributed by atoms with van der Waals surface area (Å²) in [6.45, 7) is 6.13. The van der Waals surface area contributed by atoms with Crippen LogP contribution in [0.2, 0.25) is 0 Å². The van der Waals surface area contributed by atoms with Crippen molar-refractivity contribution >= 4 is 52.1 Å². The molecule has 0 heterocycles. The Hall–Kier alpha value is -2.49. The molecule has 12 nitrogen and oxygen atoms in total. The number of anilines is 1. The van der Waals surface area contributed by atoms with Crippen LogP contribution in [0.5, 0.6) is 0 Å². The van der Waals surface area contributed by atoms with Crippen molar-refractivity contribution in [2.24, 2.45) is 11.7 Å². The Kier molecular flexibility index (Phi) is 17.2. The number of nitrogens with two attached hydrogens (primary N) is 1. The van der Waals surface area contributed by atoms with Crippen molar-refractivity contribution in [2.45, 2.75) is 32.9 Å². The third-order valence-corrected chi connectivity index (χ3v) is 5.50. The molecule has 37 heavy (non-hydrogen) atoms. The fraction of sp³-hybridized carbons (Fsp3) is 0.583. The molecular weight excluding hydrogens is 597 g/mol. The quantitative estimate of drug-likeness (QED) is 0.0902. The molecule has 0 fully saturated rings. The highest BCUT2D eigenvalue weighted by Crippen LogP contribution is 2.13. The molecule has 1 unspecified atom stereocenters. The van der Waals surface area contributed by atoms with E-state index in [4.69, 9.17) is 19.9 Å². The largest absolute Gasteiger partial charge is 0.445 e. The van der Waals surface area contributed by atoms with E-state index < -0.39 is 12.1 Å². The summed E-state index contributed by atoms with van der Waals surface area (Å²) in [6, 6.07) is 6.14. The normalized spacial score (nSPS) is 11.5. The van der Waals surface area contributed by atoms with E-state index in [1.54, 1.807) is 24.3 Å². The number of nitrogens with one attached hydrogen (secondary N) is 4. The van der Waals surface area contributed by atoms with Crippen LogP contribution in [-0.2, 0) is 35.2 Å². The zero-order valence-corrected chi connectivity index (χ0v) is 23.5. The Morgan fingerprint density at radius 3 is 2.22 bits per heavy atom. The van der Waals surface area contributed by atoms with Crippen molar-refractivity contribution < 1.29 is 33.4 Å². The Bertz CT molecular complexity index is 839. The lowest BCUT2D eigenvalue weighted by molar-refractivity contribution is -0.128. The number of ether oxygens (including phenoxy) is 3. The summed E-state index contributed by atoms with van der Waals surface area (Å²) < 4.78 is 16.2. The highest BCUT2D eigenvalue weighted by Gasteiger charge is 2.24. The van der Waals surface area contributed by atoms with E-state index in [1.807, 2.05) is 36.4 Å². The second-order valence-electron chi connectivity index (χ2n) is 8.23. The molecule has 1 rings (SSSR count). The molecule has 208 valence electrons. The summed E-state index contributed by atoms with van der Waals surface area (Å²) in [5.41, 5.74) is 6.63. The van der Waals surface area contributed by atoms with E-state index in [-0.39, 0.29) is 43.3 Å². The smallest absolute Gasteiger partial charge is 0.407 e. The van der Waals surface area contributed by atoms with Gasteiger partial charge < -0.3 is 41.2 Å². The summed E-state index contributed by atoms with van der Waals surface area (Å²) in [6.07, 6.45) is -0.443. The van der Waals surface area contributed by atoms with Crippen molar-refractivity contribution in [3.63, 3.8) is 0 Å². The maximum atomic E-state index is 12.8. The number of benzene rings is 1. The molecule has 13 heteroatoms. The second-order valence-corrected chi connectivity index (χ2v) is 8.99. The van der Waals surface area contributed by atoms with Crippen molar-refractivity contribution in [3.05, 3.63) is 29.8 Å². The number of carbonyl (C=O) groups is 4. The Labute approximate surface area is 231 Å². The van der Waals surface area contributed by atoms with Gasteiger partial charge in [-0.05, 0) is 23.6 Å². The predicted molar refractivity (Wildman–Crippen MR) is 147 cm³/mol. The lowest BCUT2D eigenvalue weighted by atomic mass is 10.0. The predicted octanol–water partition coefficient (Wildman–Crippen LogP) is 0.925. The van der Waals surface area contributed by atoms with E-state index >= 15 is 0 Å². The first kappa shape index (κ1) is 32.5. The van der Waals surface area contributed by atoms with Crippen LogP contribution in [0.15, 0.2) is 24.3 Å². The number of alkyl halides is 1. The fourth-order valence-electron chi connectivity index (χ4n) is 2.86. The summed E-state index contributed by atoms with van der Waals surface area (Å²) in [4.78, 5) is 47.7. The average Bonchev–Trinajstić information content (AvgIpc) is 2.88. The highest BCUT2D eigenvalue weighted by molar-refractivity contribution is 14.1. The van der Waals surface area contributed by atoms with Crippen LogP contribution in [0.25, 0.3) is 0 Å². The van der Waals surface area contributed by atoms with Gasteiger partial charge in [-0.3, -0.25) is 14.4 Å². The molecule has 6 N–H and O–H groups in total. The molecule has 0 aromatic heterocycles. The number of hydrogen-bond donors (Lipinski definition) is 5. The number of amides is 4. The van der Waals surface area contributed by atoms with Gasteiger partial charge in [-0.25, -0.2) is 4.79 Å². The standard InChI is InChI=1S/C24H38IN5O7/c1-17(2)22(30-20(31)7-11-35-13-14-36-12-10-27-21(32)15-25)23(33)29-19-5-3-18(4-6-19)16-37-24(34)28-9-8-26/h3-6,17,22H,7-16,26H2,1-2H3,(H,27,32)(H,28,34)(H,29,33)(H,30,31). The van der Waals surface area contributed by atoms with E-state index in [9.17, 15) is 19.2 Å². The van der Waals surface area contributed by atoms with Crippen LogP contribution in [0.4, 0.5) is 10.5 Å². The molecule has 1 aromatic carbocycles. The number of rotatable bonds is 18. The maximum absolute atomic E-state index is 12.8. The first-order valence-electron chi connectivity index (χ1n) is 12.0. The molecule has 1 atom stereocenters. The SMILES string of the molecule is CC(C)C(NC(=O)CCOCCOCCNC(=O)CI)C(=O)Nc1ccc(COC(=O)NCCN)cc1. The second kappa shape index (κ2) is 19.6. The summed E-state index contributed by atoms with van der Waals surface area (Å²) in [5, 5.41) is 10.8. The molecule has 0 aliphatic heterocycles. The first-order valence-corrected chi connectivity index (χ1v) is 13.6. The minimum Gasteiger partial charge on any atom is -0.445 e. The van der Waals surface area contributed by atoms with Crippen LogP contribution < -0.4 is 27.0 Å². The molecule has 1 aromatic rings. The third-order valence-electron chi connectivity index (χ3n) is 4.81. The van der Waals surface area contributed by atoms with Crippen LogP contribution in [-0.4, -0.2) is 80.3 Å². The van der Waals surface area contributed by atoms with E-state index in [0.29, 0.717) is 49.6 Å². The van der Waals surface area contributed by atoms with Crippen LogP contribution in [0.3, 0.4) is 0 Å².